The average molecular weight is 248 g/mol. The fraction of sp³-hybridized carbons (Fsp3) is 0.125. The van der Waals surface area contributed by atoms with Gasteiger partial charge in [-0.15, -0.1) is 0 Å². The molecule has 92 valence electrons. The number of Topliss-reactive ketones (excluding diaryl/α,β-unsaturated/α-hetero) is 1. The van der Waals surface area contributed by atoms with Gasteiger partial charge >= 0.3 is 0 Å². The van der Waals surface area contributed by atoms with Gasteiger partial charge in [0.25, 0.3) is 0 Å². The molecule has 0 amide bonds. The van der Waals surface area contributed by atoms with Gasteiger partial charge in [0.1, 0.15) is 14.1 Å². The number of ketones is 1. The molecule has 2 nitrogen and oxygen atoms in total. The second kappa shape index (κ2) is 6.14. The number of aryl methyl sites for hydroxylation is 1. The molecule has 0 atom stereocenters. The lowest BCUT2D eigenvalue weighted by molar-refractivity contribution is 0.0981. The second-order valence-electron chi connectivity index (χ2n) is 4.37. The van der Waals surface area contributed by atoms with E-state index >= 15 is 0 Å². The minimum absolute atomic E-state index is 0.0352. The number of hydrogen-bond acceptors (Lipinski definition) is 2. The van der Waals surface area contributed by atoms with Crippen molar-refractivity contribution in [3.63, 3.8) is 0 Å². The van der Waals surface area contributed by atoms with E-state index in [1.54, 1.807) is 30.3 Å². The van der Waals surface area contributed by atoms with Crippen molar-refractivity contribution in [2.45, 2.75) is 12.8 Å². The molecular weight excluding hydrogens is 235 g/mol. The van der Waals surface area contributed by atoms with Crippen molar-refractivity contribution in [1.82, 2.24) is 0 Å². The van der Waals surface area contributed by atoms with Crippen molar-refractivity contribution in [2.24, 2.45) is 0 Å². The molecule has 0 unspecified atom stereocenters. The van der Waals surface area contributed by atoms with Crippen molar-refractivity contribution in [2.75, 3.05) is 0 Å². The standard InChI is InChI=1S/C16H13BO2/c17-15-7-3-6-13(10-15)16(19)9-8-12-4-1-2-5-14(12)11-18/h1-7,10-11H,8-9H2. The molecule has 0 saturated carbocycles. The quantitative estimate of drug-likeness (QED) is 0.461. The SMILES string of the molecule is [B]c1cccc(C(=O)CCc2ccccc2C=O)c1. The van der Waals surface area contributed by atoms with Crippen molar-refractivity contribution >= 4 is 25.4 Å². The molecule has 2 aromatic carbocycles. The van der Waals surface area contributed by atoms with Crippen molar-refractivity contribution in [1.29, 1.82) is 0 Å². The van der Waals surface area contributed by atoms with E-state index in [1.165, 1.54) is 0 Å². The van der Waals surface area contributed by atoms with Crippen LogP contribution in [0.1, 0.15) is 32.7 Å². The zero-order valence-electron chi connectivity index (χ0n) is 10.5. The molecule has 19 heavy (non-hydrogen) atoms. The molecule has 2 radical (unpaired) electrons. The average Bonchev–Trinajstić information content (AvgIpc) is 2.45. The van der Waals surface area contributed by atoms with Crippen LogP contribution in [0.2, 0.25) is 0 Å². The minimum Gasteiger partial charge on any atom is -0.298 e. The third-order valence-corrected chi connectivity index (χ3v) is 3.01. The minimum atomic E-state index is 0.0352. The first-order valence-electron chi connectivity index (χ1n) is 6.12. The van der Waals surface area contributed by atoms with Gasteiger partial charge in [-0.05, 0) is 12.0 Å². The lowest BCUT2D eigenvalue weighted by Crippen LogP contribution is -2.08. The Morgan fingerprint density at radius 1 is 1.11 bits per heavy atom. The van der Waals surface area contributed by atoms with Crippen molar-refractivity contribution in [3.05, 3.63) is 65.2 Å². The molecule has 0 saturated heterocycles. The summed E-state index contributed by atoms with van der Waals surface area (Å²) in [6, 6.07) is 14.3. The maximum absolute atomic E-state index is 12.0. The molecule has 0 aromatic heterocycles. The van der Waals surface area contributed by atoms with Crippen LogP contribution in [0.25, 0.3) is 0 Å². The molecule has 0 aliphatic rings. The first-order valence-corrected chi connectivity index (χ1v) is 6.12. The van der Waals surface area contributed by atoms with Gasteiger partial charge in [0, 0.05) is 17.5 Å². The fourth-order valence-electron chi connectivity index (χ4n) is 1.98. The maximum atomic E-state index is 12.0. The smallest absolute Gasteiger partial charge is 0.163 e. The third kappa shape index (κ3) is 3.41. The number of aldehydes is 1. The third-order valence-electron chi connectivity index (χ3n) is 3.01. The topological polar surface area (TPSA) is 34.1 Å². The summed E-state index contributed by atoms with van der Waals surface area (Å²) >= 11 is 0. The normalized spacial score (nSPS) is 10.1. The summed E-state index contributed by atoms with van der Waals surface area (Å²) in [6.07, 6.45) is 1.75. The van der Waals surface area contributed by atoms with Crippen molar-refractivity contribution < 1.29 is 9.59 Å². The lowest BCUT2D eigenvalue weighted by atomic mass is 9.92. The molecule has 2 aromatic rings. The van der Waals surface area contributed by atoms with E-state index in [0.29, 0.717) is 29.4 Å². The number of carbonyl (C=O) groups excluding carboxylic acids is 2. The van der Waals surface area contributed by atoms with E-state index in [0.717, 1.165) is 11.8 Å². The molecule has 0 spiro atoms. The Morgan fingerprint density at radius 3 is 2.63 bits per heavy atom. The predicted molar refractivity (Wildman–Crippen MR) is 76.3 cm³/mol. The summed E-state index contributed by atoms with van der Waals surface area (Å²) in [6.45, 7) is 0. The Morgan fingerprint density at radius 2 is 1.89 bits per heavy atom. The number of carbonyl (C=O) groups is 2. The molecule has 2 rings (SSSR count). The highest BCUT2D eigenvalue weighted by Gasteiger charge is 2.08. The molecule has 0 heterocycles. The van der Waals surface area contributed by atoms with Crippen LogP contribution < -0.4 is 5.46 Å². The zero-order chi connectivity index (χ0) is 13.7. The van der Waals surface area contributed by atoms with Gasteiger partial charge in [-0.1, -0.05) is 54.0 Å². The summed E-state index contributed by atoms with van der Waals surface area (Å²) in [5.74, 6) is 0.0352. The first kappa shape index (κ1) is 13.3. The highest BCUT2D eigenvalue weighted by atomic mass is 16.1. The van der Waals surface area contributed by atoms with E-state index in [-0.39, 0.29) is 5.78 Å². The summed E-state index contributed by atoms with van der Waals surface area (Å²) in [5, 5.41) is 0. The Bertz CT molecular complexity index is 605. The summed E-state index contributed by atoms with van der Waals surface area (Å²) < 4.78 is 0. The van der Waals surface area contributed by atoms with E-state index in [9.17, 15) is 9.59 Å². The molecular formula is C16H13BO2. The molecule has 0 N–H and O–H groups in total. The monoisotopic (exact) mass is 248 g/mol. The van der Waals surface area contributed by atoms with Crippen molar-refractivity contribution in [3.8, 4) is 0 Å². The van der Waals surface area contributed by atoms with E-state index < -0.39 is 0 Å². The Labute approximate surface area is 113 Å². The Hall–Kier alpha value is -2.16. The summed E-state index contributed by atoms with van der Waals surface area (Å²) in [7, 11) is 5.65. The van der Waals surface area contributed by atoms with E-state index in [2.05, 4.69) is 0 Å². The Kier molecular flexibility index (Phi) is 4.29. The molecule has 0 aliphatic carbocycles. The predicted octanol–water partition coefficient (Wildman–Crippen LogP) is 2.11. The summed E-state index contributed by atoms with van der Waals surface area (Å²) in [4.78, 5) is 22.9. The lowest BCUT2D eigenvalue weighted by Gasteiger charge is -2.05. The fourth-order valence-corrected chi connectivity index (χ4v) is 1.98. The van der Waals surface area contributed by atoms with Crippen LogP contribution >= 0.6 is 0 Å². The van der Waals surface area contributed by atoms with Gasteiger partial charge in [0.2, 0.25) is 0 Å². The second-order valence-corrected chi connectivity index (χ2v) is 4.37. The van der Waals surface area contributed by atoms with Crippen LogP contribution in [0, 0.1) is 0 Å². The number of hydrogen-bond donors (Lipinski definition) is 0. The number of rotatable bonds is 5. The van der Waals surface area contributed by atoms with Gasteiger partial charge < -0.3 is 0 Å². The number of benzene rings is 2. The van der Waals surface area contributed by atoms with Crippen LogP contribution in [-0.2, 0) is 6.42 Å². The van der Waals surface area contributed by atoms with Crippen LogP contribution in [0.4, 0.5) is 0 Å². The van der Waals surface area contributed by atoms with Crippen LogP contribution in [0.3, 0.4) is 0 Å². The first-order chi connectivity index (χ1) is 9.20. The van der Waals surface area contributed by atoms with Gasteiger partial charge in [-0.25, -0.2) is 0 Å². The highest BCUT2D eigenvalue weighted by molar-refractivity contribution is 6.32. The van der Waals surface area contributed by atoms with Gasteiger partial charge in [-0.2, -0.15) is 0 Å². The molecule has 3 heteroatoms. The van der Waals surface area contributed by atoms with Crippen LogP contribution in [0.5, 0.6) is 0 Å². The largest absolute Gasteiger partial charge is 0.298 e. The molecule has 0 bridgehead atoms. The molecule has 0 aliphatic heterocycles. The van der Waals surface area contributed by atoms with Crippen LogP contribution in [-0.4, -0.2) is 19.9 Å². The van der Waals surface area contributed by atoms with Gasteiger partial charge in [-0.3, -0.25) is 9.59 Å². The zero-order valence-corrected chi connectivity index (χ0v) is 10.5. The maximum Gasteiger partial charge on any atom is 0.163 e. The van der Waals surface area contributed by atoms with E-state index in [1.807, 2.05) is 18.2 Å². The van der Waals surface area contributed by atoms with E-state index in [4.69, 9.17) is 7.85 Å². The highest BCUT2D eigenvalue weighted by Crippen LogP contribution is 2.11. The molecule has 0 fully saturated rings. The summed E-state index contributed by atoms with van der Waals surface area (Å²) in [5.41, 5.74) is 2.74. The Balaban J connectivity index is 2.06. The van der Waals surface area contributed by atoms with Gasteiger partial charge in [0.05, 0.1) is 0 Å². The van der Waals surface area contributed by atoms with Gasteiger partial charge in [0.15, 0.2) is 5.78 Å². The van der Waals surface area contributed by atoms with Crippen LogP contribution in [0.15, 0.2) is 48.5 Å².